The summed E-state index contributed by atoms with van der Waals surface area (Å²) in [5, 5.41) is 21.8. The Morgan fingerprint density at radius 2 is 0.867 bits per heavy atom. The van der Waals surface area contributed by atoms with E-state index in [0.29, 0.717) is 5.56 Å². The van der Waals surface area contributed by atoms with E-state index in [1.54, 1.807) is 0 Å². The van der Waals surface area contributed by atoms with E-state index in [1.807, 2.05) is 18.2 Å². The quantitative estimate of drug-likeness (QED) is 0.125. The molecule has 0 aliphatic heterocycles. The van der Waals surface area contributed by atoms with Crippen LogP contribution in [0.5, 0.6) is 0 Å². The van der Waals surface area contributed by atoms with Gasteiger partial charge in [-0.3, -0.25) is 0 Å². The molecule has 0 fully saturated rings. The molecule has 60 heavy (non-hydrogen) atoms. The summed E-state index contributed by atoms with van der Waals surface area (Å²) < 4.78 is 11.3. The van der Waals surface area contributed by atoms with E-state index in [1.165, 1.54) is 26.1 Å². The Balaban J connectivity index is 1.06. The van der Waals surface area contributed by atoms with Crippen molar-refractivity contribution in [1.29, 1.82) is 5.26 Å². The fraction of sp³-hybridized carbons (Fsp3) is 0. The van der Waals surface area contributed by atoms with Crippen molar-refractivity contribution in [2.45, 2.75) is 0 Å². The highest BCUT2D eigenvalue weighted by Crippen LogP contribution is 2.40. The van der Waals surface area contributed by atoms with Gasteiger partial charge in [0.25, 0.3) is 0 Å². The average Bonchev–Trinajstić information content (AvgIpc) is 3.98. The van der Waals surface area contributed by atoms with Gasteiger partial charge < -0.3 is 13.6 Å². The monoisotopic (exact) mass is 781 g/mol. The summed E-state index contributed by atoms with van der Waals surface area (Å²) in [5.41, 5.74) is 9.14. The lowest BCUT2D eigenvalue weighted by Crippen LogP contribution is -2.74. The van der Waals surface area contributed by atoms with Crippen molar-refractivity contribution in [2.24, 2.45) is 0 Å². The van der Waals surface area contributed by atoms with Gasteiger partial charge in [0.2, 0.25) is 0 Å². The number of hydrogen-bond donors (Lipinski definition) is 0. The van der Waals surface area contributed by atoms with Gasteiger partial charge in [-0.2, -0.15) is 5.26 Å². The summed E-state index contributed by atoms with van der Waals surface area (Å²) in [6, 6.07) is 79.0. The van der Waals surface area contributed by atoms with Crippen molar-refractivity contribution >= 4 is 94.4 Å². The zero-order valence-corrected chi connectivity index (χ0v) is 33.5. The van der Waals surface area contributed by atoms with Gasteiger partial charge in [0.15, 0.2) is 8.07 Å². The maximum absolute atomic E-state index is 9.73. The molecule has 0 saturated carbocycles. The molecule has 0 bridgehead atoms. The van der Waals surface area contributed by atoms with Gasteiger partial charge in [-0.15, -0.1) is 0 Å². The third-order valence-electron chi connectivity index (χ3n) is 12.5. The van der Waals surface area contributed by atoms with E-state index in [-0.39, 0.29) is 0 Å². The third-order valence-corrected chi connectivity index (χ3v) is 17.3. The van der Waals surface area contributed by atoms with Crippen LogP contribution in [0.2, 0.25) is 0 Å². The fourth-order valence-electron chi connectivity index (χ4n) is 9.93. The maximum atomic E-state index is 9.73. The number of fused-ring (bicyclic) bond motifs is 10. The van der Waals surface area contributed by atoms with Crippen molar-refractivity contribution < 1.29 is 4.42 Å². The molecule has 0 atom stereocenters. The van der Waals surface area contributed by atoms with Crippen LogP contribution in [-0.2, 0) is 0 Å². The molecule has 3 aromatic heterocycles. The van der Waals surface area contributed by atoms with Crippen molar-refractivity contribution in [3.63, 3.8) is 0 Å². The van der Waals surface area contributed by atoms with Crippen LogP contribution < -0.4 is 20.7 Å². The number of para-hydroxylation sites is 3. The fourth-order valence-corrected chi connectivity index (χ4v) is 14.6. The Kier molecular flexibility index (Phi) is 7.58. The molecule has 9 aromatic carbocycles. The van der Waals surface area contributed by atoms with Crippen LogP contribution in [0.3, 0.4) is 0 Å². The van der Waals surface area contributed by atoms with Gasteiger partial charge in [0, 0.05) is 38.3 Å². The predicted octanol–water partition coefficient (Wildman–Crippen LogP) is 11.0. The first-order valence-electron chi connectivity index (χ1n) is 20.3. The Labute approximate surface area is 347 Å². The van der Waals surface area contributed by atoms with Crippen LogP contribution in [0, 0.1) is 11.3 Å². The summed E-state index contributed by atoms with van der Waals surface area (Å²) in [6.07, 6.45) is 0. The summed E-state index contributed by atoms with van der Waals surface area (Å²) in [4.78, 5) is 0. The second-order valence-corrected chi connectivity index (χ2v) is 19.4. The topological polar surface area (TPSA) is 46.8 Å². The summed E-state index contributed by atoms with van der Waals surface area (Å²) in [6.45, 7) is 0. The molecule has 280 valence electrons. The number of furan rings is 1. The Bertz CT molecular complexity index is 3610. The average molecular weight is 782 g/mol. The molecule has 0 unspecified atom stereocenters. The van der Waals surface area contributed by atoms with Gasteiger partial charge in [-0.25, -0.2) is 0 Å². The Morgan fingerprint density at radius 1 is 0.383 bits per heavy atom. The number of benzene rings is 9. The summed E-state index contributed by atoms with van der Waals surface area (Å²) in [7, 11) is -2.87. The number of hydrogen-bond acceptors (Lipinski definition) is 2. The van der Waals surface area contributed by atoms with Gasteiger partial charge in [0.1, 0.15) is 11.2 Å². The molecule has 0 saturated heterocycles. The lowest BCUT2D eigenvalue weighted by Gasteiger charge is -2.34. The minimum absolute atomic E-state index is 0.662. The van der Waals surface area contributed by atoms with Crippen molar-refractivity contribution in [3.8, 4) is 17.4 Å². The van der Waals surface area contributed by atoms with Gasteiger partial charge in [-0.1, -0.05) is 140 Å². The lowest BCUT2D eigenvalue weighted by atomic mass is 10.1. The number of nitriles is 1. The Morgan fingerprint density at radius 3 is 1.50 bits per heavy atom. The first kappa shape index (κ1) is 34.2. The van der Waals surface area contributed by atoms with Gasteiger partial charge in [0.05, 0.1) is 39.1 Å². The van der Waals surface area contributed by atoms with E-state index < -0.39 is 8.07 Å². The largest absolute Gasteiger partial charge is 0.455 e. The normalized spacial score (nSPS) is 12.0. The second-order valence-electron chi connectivity index (χ2n) is 15.6. The Hall–Kier alpha value is -7.91. The van der Waals surface area contributed by atoms with E-state index in [0.717, 1.165) is 71.5 Å². The zero-order chi connectivity index (χ0) is 39.8. The molecule has 0 amide bonds. The molecular weight excluding hydrogens is 747 g/mol. The molecule has 4 nitrogen and oxygen atoms in total. The van der Waals surface area contributed by atoms with Crippen LogP contribution in [0.4, 0.5) is 0 Å². The molecule has 0 aliphatic carbocycles. The smallest absolute Gasteiger partial charge is 0.179 e. The minimum Gasteiger partial charge on any atom is -0.455 e. The molecule has 0 aliphatic rings. The maximum Gasteiger partial charge on any atom is 0.179 e. The highest BCUT2D eigenvalue weighted by Gasteiger charge is 2.41. The minimum atomic E-state index is -2.87. The molecule has 0 radical (unpaired) electrons. The molecule has 0 N–H and O–H groups in total. The highest BCUT2D eigenvalue weighted by molar-refractivity contribution is 7.19. The van der Waals surface area contributed by atoms with Crippen LogP contribution >= 0.6 is 0 Å². The predicted molar refractivity (Wildman–Crippen MR) is 251 cm³/mol. The van der Waals surface area contributed by atoms with E-state index >= 15 is 0 Å². The van der Waals surface area contributed by atoms with Gasteiger partial charge in [-0.05, 0) is 93.5 Å². The SMILES string of the molecule is N#Cc1ccc2c(c1)c1ccccc1n2-c1ccc([Si](c2ccccc2)(c2ccccc2)c2ccc(-n3c4ccccc4c4c5oc6ccccc6c5ccc43)cc2)cc1. The molecule has 5 heteroatoms. The highest BCUT2D eigenvalue weighted by atomic mass is 28.3. The number of aromatic nitrogens is 2. The van der Waals surface area contributed by atoms with Crippen molar-refractivity contribution in [2.75, 3.05) is 0 Å². The molecule has 12 aromatic rings. The van der Waals surface area contributed by atoms with Crippen LogP contribution in [0.15, 0.2) is 217 Å². The first-order valence-corrected chi connectivity index (χ1v) is 22.3. The van der Waals surface area contributed by atoms with E-state index in [4.69, 9.17) is 4.42 Å². The van der Waals surface area contributed by atoms with Crippen LogP contribution in [-0.4, -0.2) is 17.2 Å². The zero-order valence-electron chi connectivity index (χ0n) is 32.5. The van der Waals surface area contributed by atoms with Crippen molar-refractivity contribution in [1.82, 2.24) is 9.13 Å². The van der Waals surface area contributed by atoms with Crippen LogP contribution in [0.25, 0.3) is 76.9 Å². The number of nitrogens with zero attached hydrogens (tertiary/aromatic N) is 3. The summed E-state index contributed by atoms with van der Waals surface area (Å²) in [5.74, 6) is 0. The van der Waals surface area contributed by atoms with Gasteiger partial charge >= 0.3 is 0 Å². The molecule has 12 rings (SSSR count). The standard InChI is InChI=1S/C55H35N3OSi/c56-36-37-23-33-51-48(35-37)44-17-7-10-20-49(44)57(51)38-24-28-42(29-25-38)60(40-13-3-1-4-14-40,41-15-5-2-6-16-41)43-30-26-39(27-31-43)58-50-21-11-8-19-47(50)54-52(58)34-32-46-45-18-9-12-22-53(45)59-55(46)54/h1-35H. The van der Waals surface area contributed by atoms with E-state index in [2.05, 4.69) is 209 Å². The number of rotatable bonds is 6. The lowest BCUT2D eigenvalue weighted by molar-refractivity contribution is 0.673. The van der Waals surface area contributed by atoms with E-state index in [9.17, 15) is 5.26 Å². The third kappa shape index (κ3) is 4.89. The molecular formula is C55H35N3OSi. The van der Waals surface area contributed by atoms with Crippen molar-refractivity contribution in [3.05, 3.63) is 218 Å². The summed E-state index contributed by atoms with van der Waals surface area (Å²) >= 11 is 0. The van der Waals surface area contributed by atoms with Crippen LogP contribution in [0.1, 0.15) is 5.56 Å². The molecule has 0 spiro atoms. The first-order chi connectivity index (χ1) is 29.7. The second kappa shape index (κ2) is 13.3. The molecule has 3 heterocycles.